The minimum Gasteiger partial charge on any atom is -0.493 e. The molecule has 0 saturated carbocycles. The number of nitrogens with one attached hydrogen (secondary N) is 1. The third-order valence-corrected chi connectivity index (χ3v) is 6.87. The average molecular weight is 611 g/mol. The summed E-state index contributed by atoms with van der Waals surface area (Å²) < 4.78 is 12.4. The maximum atomic E-state index is 12.4. The molecule has 1 aliphatic heterocycles. The van der Waals surface area contributed by atoms with E-state index < -0.39 is 0 Å². The number of halogens is 3. The van der Waals surface area contributed by atoms with Crippen molar-refractivity contribution in [3.8, 4) is 11.5 Å². The van der Waals surface area contributed by atoms with E-state index in [1.807, 2.05) is 48.5 Å². The van der Waals surface area contributed by atoms with Crippen LogP contribution in [0.3, 0.4) is 0 Å². The summed E-state index contributed by atoms with van der Waals surface area (Å²) in [5.74, 6) is 0.961. The molecule has 1 fully saturated rings. The van der Waals surface area contributed by atoms with E-state index in [0.717, 1.165) is 20.4 Å². The van der Waals surface area contributed by atoms with E-state index in [1.165, 1.54) is 11.8 Å². The predicted molar refractivity (Wildman–Crippen MR) is 144 cm³/mol. The molecule has 9 heteroatoms. The van der Waals surface area contributed by atoms with Gasteiger partial charge in [0.25, 0.3) is 5.91 Å². The van der Waals surface area contributed by atoms with Crippen LogP contribution in [0.4, 0.5) is 5.69 Å². The summed E-state index contributed by atoms with van der Waals surface area (Å²) in [6.45, 7) is 0.264. The number of para-hydroxylation sites is 1. The van der Waals surface area contributed by atoms with Crippen molar-refractivity contribution < 1.29 is 14.3 Å². The summed E-state index contributed by atoms with van der Waals surface area (Å²) in [7, 11) is 1.58. The lowest BCUT2D eigenvalue weighted by molar-refractivity contribution is -0.115. The third kappa shape index (κ3) is 6.03. The van der Waals surface area contributed by atoms with Crippen LogP contribution < -0.4 is 14.8 Å². The van der Waals surface area contributed by atoms with E-state index in [4.69, 9.17) is 32.7 Å². The summed E-state index contributed by atoms with van der Waals surface area (Å²) in [5, 5.41) is 4.45. The van der Waals surface area contributed by atoms with Gasteiger partial charge in [-0.3, -0.25) is 4.79 Å². The van der Waals surface area contributed by atoms with Crippen molar-refractivity contribution in [2.24, 2.45) is 4.99 Å². The molecule has 33 heavy (non-hydrogen) atoms. The Labute approximate surface area is 219 Å². The Morgan fingerprint density at radius 2 is 1.91 bits per heavy atom. The van der Waals surface area contributed by atoms with Gasteiger partial charge in [0.05, 0.1) is 21.3 Å². The van der Waals surface area contributed by atoms with Crippen LogP contribution in [0.5, 0.6) is 11.5 Å². The largest absolute Gasteiger partial charge is 0.493 e. The summed E-state index contributed by atoms with van der Waals surface area (Å²) in [6, 6.07) is 18.5. The number of hydrogen-bond acceptors (Lipinski definition) is 5. The summed E-state index contributed by atoms with van der Waals surface area (Å²) in [6.07, 6.45) is 1.80. The molecule has 0 spiro atoms. The lowest BCUT2D eigenvalue weighted by atomic mass is 10.2. The highest BCUT2D eigenvalue weighted by molar-refractivity contribution is 14.1. The van der Waals surface area contributed by atoms with Gasteiger partial charge in [0.1, 0.15) is 6.61 Å². The molecule has 3 aromatic rings. The van der Waals surface area contributed by atoms with Crippen LogP contribution in [-0.4, -0.2) is 18.2 Å². The Balaban J connectivity index is 1.54. The number of methoxy groups -OCH3 is 1. The number of nitrogens with zero attached hydrogens (tertiary/aromatic N) is 1. The molecule has 168 valence electrons. The topological polar surface area (TPSA) is 59.9 Å². The number of amides is 1. The van der Waals surface area contributed by atoms with E-state index >= 15 is 0 Å². The van der Waals surface area contributed by atoms with Crippen molar-refractivity contribution in [3.63, 3.8) is 0 Å². The van der Waals surface area contributed by atoms with Crippen molar-refractivity contribution >= 4 is 80.4 Å². The Kier molecular flexibility index (Phi) is 7.85. The van der Waals surface area contributed by atoms with E-state index in [2.05, 4.69) is 32.9 Å². The highest BCUT2D eigenvalue weighted by atomic mass is 127. The Morgan fingerprint density at radius 3 is 2.64 bits per heavy atom. The Bertz CT molecular complexity index is 1270. The molecular weight excluding hydrogens is 594 g/mol. The minimum atomic E-state index is -0.193. The summed E-state index contributed by atoms with van der Waals surface area (Å²) in [5.41, 5.74) is 2.40. The van der Waals surface area contributed by atoms with Gasteiger partial charge in [-0.25, -0.2) is 4.99 Å². The zero-order chi connectivity index (χ0) is 23.4. The molecule has 1 amide bonds. The molecule has 0 atom stereocenters. The second-order valence-electron chi connectivity index (χ2n) is 6.88. The number of ether oxygens (including phenoxy) is 2. The minimum absolute atomic E-state index is 0.193. The lowest BCUT2D eigenvalue weighted by Gasteiger charge is -2.14. The number of rotatable bonds is 6. The van der Waals surface area contributed by atoms with Gasteiger partial charge in [0.15, 0.2) is 16.7 Å². The fraction of sp³-hybridized carbons (Fsp3) is 0.0833. The second-order valence-corrected chi connectivity index (χ2v) is 9.91. The highest BCUT2D eigenvalue weighted by Gasteiger charge is 2.24. The van der Waals surface area contributed by atoms with E-state index in [0.29, 0.717) is 31.6 Å². The molecular formula is C24H17Cl2IN2O3S. The number of benzene rings is 3. The predicted octanol–water partition coefficient (Wildman–Crippen LogP) is 7.08. The fourth-order valence-corrected chi connectivity index (χ4v) is 5.09. The average Bonchev–Trinajstić information content (AvgIpc) is 3.12. The van der Waals surface area contributed by atoms with E-state index in [-0.39, 0.29) is 12.5 Å². The van der Waals surface area contributed by atoms with Crippen LogP contribution in [0.2, 0.25) is 10.0 Å². The quantitative estimate of drug-likeness (QED) is 0.239. The van der Waals surface area contributed by atoms with Crippen molar-refractivity contribution in [3.05, 3.63) is 90.3 Å². The number of carbonyl (C=O) groups excluding carboxylic acids is 1. The maximum Gasteiger partial charge on any atom is 0.264 e. The van der Waals surface area contributed by atoms with Crippen LogP contribution in [0.1, 0.15) is 11.1 Å². The first kappa shape index (κ1) is 23.9. The molecule has 0 unspecified atom stereocenters. The standard InChI is InChI=1S/C24H17Cl2IN2O3S/c1-31-20-10-14(9-19(27)22(20)32-13-15-7-8-16(25)12-18(15)26)11-21-23(30)29-24(33-21)28-17-5-3-2-4-6-17/h2-12H,13H2,1H3,(H,28,29,30)/b21-11-. The second kappa shape index (κ2) is 10.8. The first-order valence-electron chi connectivity index (χ1n) is 9.72. The number of aliphatic imine (C=N–C) groups is 1. The van der Waals surface area contributed by atoms with Crippen molar-refractivity contribution in [1.29, 1.82) is 0 Å². The summed E-state index contributed by atoms with van der Waals surface area (Å²) in [4.78, 5) is 17.5. The highest BCUT2D eigenvalue weighted by Crippen LogP contribution is 2.37. The molecule has 4 rings (SSSR count). The monoisotopic (exact) mass is 610 g/mol. The van der Waals surface area contributed by atoms with Gasteiger partial charge in [-0.05, 0) is 82.4 Å². The van der Waals surface area contributed by atoms with Gasteiger partial charge < -0.3 is 14.8 Å². The molecule has 1 saturated heterocycles. The van der Waals surface area contributed by atoms with Gasteiger partial charge in [0.2, 0.25) is 0 Å². The molecule has 3 aromatic carbocycles. The van der Waals surface area contributed by atoms with Crippen molar-refractivity contribution in [2.45, 2.75) is 6.61 Å². The van der Waals surface area contributed by atoms with Gasteiger partial charge in [-0.2, -0.15) is 0 Å². The van der Waals surface area contributed by atoms with Crippen LogP contribution in [0.25, 0.3) is 6.08 Å². The Morgan fingerprint density at radius 1 is 1.12 bits per heavy atom. The zero-order valence-corrected chi connectivity index (χ0v) is 21.8. The van der Waals surface area contributed by atoms with E-state index in [9.17, 15) is 4.79 Å². The molecule has 1 heterocycles. The maximum absolute atomic E-state index is 12.4. The first-order valence-corrected chi connectivity index (χ1v) is 12.4. The lowest BCUT2D eigenvalue weighted by Crippen LogP contribution is -2.19. The fourth-order valence-electron chi connectivity index (χ4n) is 3.00. The Hall–Kier alpha value is -2.20. The van der Waals surface area contributed by atoms with Crippen LogP contribution in [0.15, 0.2) is 70.6 Å². The SMILES string of the molecule is COc1cc(/C=C2\SC(=Nc3ccccc3)NC2=O)cc(I)c1OCc1ccc(Cl)cc1Cl. The van der Waals surface area contributed by atoms with Crippen molar-refractivity contribution in [1.82, 2.24) is 5.32 Å². The van der Waals surface area contributed by atoms with Gasteiger partial charge in [0, 0.05) is 15.6 Å². The van der Waals surface area contributed by atoms with Crippen LogP contribution in [-0.2, 0) is 11.4 Å². The number of thioether (sulfide) groups is 1. The number of hydrogen-bond donors (Lipinski definition) is 1. The molecule has 1 aliphatic rings. The molecule has 5 nitrogen and oxygen atoms in total. The van der Waals surface area contributed by atoms with Crippen molar-refractivity contribution in [2.75, 3.05) is 7.11 Å². The molecule has 0 aliphatic carbocycles. The smallest absolute Gasteiger partial charge is 0.264 e. The first-order chi connectivity index (χ1) is 15.9. The van der Waals surface area contributed by atoms with Gasteiger partial charge in [-0.15, -0.1) is 0 Å². The molecule has 0 aromatic heterocycles. The van der Waals surface area contributed by atoms with Crippen LogP contribution >= 0.6 is 57.6 Å². The van der Waals surface area contributed by atoms with Gasteiger partial charge in [-0.1, -0.05) is 47.5 Å². The zero-order valence-electron chi connectivity index (χ0n) is 17.3. The summed E-state index contributed by atoms with van der Waals surface area (Å²) >= 11 is 15.7. The van der Waals surface area contributed by atoms with Crippen LogP contribution in [0, 0.1) is 3.57 Å². The van der Waals surface area contributed by atoms with Gasteiger partial charge >= 0.3 is 0 Å². The number of carbonyl (C=O) groups is 1. The van der Waals surface area contributed by atoms with E-state index in [1.54, 1.807) is 25.3 Å². The molecule has 0 bridgehead atoms. The normalized spacial score (nSPS) is 15.7. The third-order valence-electron chi connectivity index (χ3n) is 4.57. The molecule has 1 N–H and O–H groups in total. The molecule has 0 radical (unpaired) electrons. The number of amidine groups is 1.